The van der Waals surface area contributed by atoms with Crippen molar-refractivity contribution in [3.8, 4) is 11.4 Å². The number of rotatable bonds is 3. The molecule has 1 N–H and O–H groups in total. The molecule has 7 heteroatoms. The van der Waals surface area contributed by atoms with Crippen LogP contribution >= 0.6 is 11.3 Å². The third kappa shape index (κ3) is 2.96. The summed E-state index contributed by atoms with van der Waals surface area (Å²) in [4.78, 5) is 13.2. The number of amides is 1. The summed E-state index contributed by atoms with van der Waals surface area (Å²) < 4.78 is 1.77. The molecule has 142 valence electrons. The van der Waals surface area contributed by atoms with E-state index in [0.29, 0.717) is 16.3 Å². The van der Waals surface area contributed by atoms with Crippen LogP contribution in [0.25, 0.3) is 27.8 Å². The zero-order chi connectivity index (χ0) is 20.0. The van der Waals surface area contributed by atoms with Crippen molar-refractivity contribution in [2.24, 2.45) is 0 Å². The number of thiophene rings is 1. The molecule has 0 saturated carbocycles. The molecule has 5 rings (SSSR count). The van der Waals surface area contributed by atoms with E-state index in [1.807, 2.05) is 73.8 Å². The molecule has 2 aromatic carbocycles. The second-order valence-corrected chi connectivity index (χ2v) is 7.80. The van der Waals surface area contributed by atoms with Crippen LogP contribution in [0.3, 0.4) is 0 Å². The van der Waals surface area contributed by atoms with E-state index in [9.17, 15) is 4.79 Å². The molecular weight excluding hydrogens is 382 g/mol. The van der Waals surface area contributed by atoms with Crippen molar-refractivity contribution in [2.45, 2.75) is 13.8 Å². The average Bonchev–Trinajstić information content (AvgIpc) is 3.40. The predicted octanol–water partition coefficient (Wildman–Crippen LogP) is 4.88. The number of nitrogens with one attached hydrogen (secondary N) is 1. The first kappa shape index (κ1) is 17.5. The first-order valence-corrected chi connectivity index (χ1v) is 10.1. The van der Waals surface area contributed by atoms with Crippen molar-refractivity contribution in [2.75, 3.05) is 5.32 Å². The molecule has 1 amide bonds. The number of nitrogens with zero attached hydrogens (tertiary/aromatic N) is 4. The number of hydrogen-bond donors (Lipinski definition) is 1. The van der Waals surface area contributed by atoms with Gasteiger partial charge in [-0.15, -0.1) is 21.5 Å². The van der Waals surface area contributed by atoms with Crippen LogP contribution in [-0.2, 0) is 0 Å². The SMILES string of the molecule is Cc1ccc(-c2nnc3c4ccccc4c(C)nn23)cc1NC(=O)c1cccs1. The van der Waals surface area contributed by atoms with E-state index in [-0.39, 0.29) is 5.91 Å². The highest BCUT2D eigenvalue weighted by Crippen LogP contribution is 2.28. The zero-order valence-corrected chi connectivity index (χ0v) is 16.7. The Hall–Kier alpha value is -3.58. The number of hydrogen-bond acceptors (Lipinski definition) is 5. The standard InChI is InChI=1S/C22H17N5OS/c1-13-9-10-15(12-18(13)23-22(28)19-8-5-11-29-19)20-24-25-21-17-7-4-3-6-16(17)14(2)26-27(20)21/h3-12H,1-2H3,(H,23,28). The van der Waals surface area contributed by atoms with Crippen LogP contribution in [0.2, 0.25) is 0 Å². The lowest BCUT2D eigenvalue weighted by molar-refractivity contribution is 0.103. The Morgan fingerprint density at radius 2 is 1.83 bits per heavy atom. The van der Waals surface area contributed by atoms with Crippen molar-refractivity contribution < 1.29 is 4.79 Å². The minimum atomic E-state index is -0.119. The molecule has 0 aliphatic carbocycles. The fraction of sp³-hybridized carbons (Fsp3) is 0.0909. The first-order valence-electron chi connectivity index (χ1n) is 9.18. The molecule has 0 saturated heterocycles. The van der Waals surface area contributed by atoms with Gasteiger partial charge in [-0.2, -0.15) is 9.61 Å². The Kier molecular flexibility index (Phi) is 4.10. The number of aromatic nitrogens is 4. The molecule has 3 aromatic heterocycles. The summed E-state index contributed by atoms with van der Waals surface area (Å²) in [5.41, 5.74) is 4.18. The summed E-state index contributed by atoms with van der Waals surface area (Å²) in [5, 5.41) is 20.4. The van der Waals surface area contributed by atoms with E-state index in [0.717, 1.165) is 33.3 Å². The van der Waals surface area contributed by atoms with Crippen LogP contribution in [-0.4, -0.2) is 25.7 Å². The highest BCUT2D eigenvalue weighted by molar-refractivity contribution is 7.12. The lowest BCUT2D eigenvalue weighted by atomic mass is 10.1. The van der Waals surface area contributed by atoms with Crippen LogP contribution in [0.1, 0.15) is 20.9 Å². The van der Waals surface area contributed by atoms with E-state index < -0.39 is 0 Å². The van der Waals surface area contributed by atoms with Crippen LogP contribution < -0.4 is 5.32 Å². The van der Waals surface area contributed by atoms with Crippen molar-refractivity contribution in [1.82, 2.24) is 19.8 Å². The molecule has 0 atom stereocenters. The zero-order valence-electron chi connectivity index (χ0n) is 15.9. The predicted molar refractivity (Wildman–Crippen MR) is 115 cm³/mol. The monoisotopic (exact) mass is 399 g/mol. The topological polar surface area (TPSA) is 72.2 Å². The van der Waals surface area contributed by atoms with Crippen LogP contribution in [0.5, 0.6) is 0 Å². The molecule has 0 fully saturated rings. The smallest absolute Gasteiger partial charge is 0.265 e. The lowest BCUT2D eigenvalue weighted by Crippen LogP contribution is -2.11. The molecule has 0 aliphatic heterocycles. The molecule has 6 nitrogen and oxygen atoms in total. The van der Waals surface area contributed by atoms with Gasteiger partial charge in [0.1, 0.15) is 0 Å². The largest absolute Gasteiger partial charge is 0.321 e. The van der Waals surface area contributed by atoms with Crippen LogP contribution in [0, 0.1) is 13.8 Å². The van der Waals surface area contributed by atoms with Gasteiger partial charge in [0.2, 0.25) is 0 Å². The van der Waals surface area contributed by atoms with Gasteiger partial charge in [0.15, 0.2) is 11.5 Å². The fourth-order valence-corrected chi connectivity index (χ4v) is 4.03. The van der Waals surface area contributed by atoms with Gasteiger partial charge in [-0.05, 0) is 36.9 Å². The van der Waals surface area contributed by atoms with E-state index >= 15 is 0 Å². The van der Waals surface area contributed by atoms with E-state index in [1.165, 1.54) is 11.3 Å². The lowest BCUT2D eigenvalue weighted by Gasteiger charge is -2.10. The molecule has 0 radical (unpaired) electrons. The summed E-state index contributed by atoms with van der Waals surface area (Å²) >= 11 is 1.41. The maximum Gasteiger partial charge on any atom is 0.265 e. The number of anilines is 1. The first-order chi connectivity index (χ1) is 14.1. The number of aryl methyl sites for hydroxylation is 2. The Balaban J connectivity index is 1.61. The van der Waals surface area contributed by atoms with Gasteiger partial charge in [-0.1, -0.05) is 42.5 Å². The molecule has 0 aliphatic rings. The second kappa shape index (κ2) is 6.79. The normalized spacial score (nSPS) is 11.2. The van der Waals surface area contributed by atoms with Crippen LogP contribution in [0.4, 0.5) is 5.69 Å². The quantitative estimate of drug-likeness (QED) is 0.470. The van der Waals surface area contributed by atoms with Gasteiger partial charge in [0.05, 0.1) is 10.6 Å². The fourth-order valence-electron chi connectivity index (χ4n) is 3.41. The Morgan fingerprint density at radius 1 is 1.00 bits per heavy atom. The minimum absolute atomic E-state index is 0.119. The summed E-state index contributed by atoms with van der Waals surface area (Å²) in [5.74, 6) is 0.520. The summed E-state index contributed by atoms with van der Waals surface area (Å²) in [6.07, 6.45) is 0. The van der Waals surface area contributed by atoms with Crippen molar-refractivity contribution in [1.29, 1.82) is 0 Å². The van der Waals surface area contributed by atoms with Gasteiger partial charge in [0.25, 0.3) is 5.91 Å². The van der Waals surface area contributed by atoms with E-state index in [1.54, 1.807) is 4.52 Å². The minimum Gasteiger partial charge on any atom is -0.321 e. The Morgan fingerprint density at radius 3 is 2.62 bits per heavy atom. The summed E-state index contributed by atoms with van der Waals surface area (Å²) in [6.45, 7) is 3.94. The number of carbonyl (C=O) groups excluding carboxylic acids is 1. The molecule has 0 bridgehead atoms. The third-order valence-corrected chi connectivity index (χ3v) is 5.81. The highest BCUT2D eigenvalue weighted by atomic mass is 32.1. The van der Waals surface area contributed by atoms with Gasteiger partial charge in [-0.25, -0.2) is 0 Å². The molecule has 5 aromatic rings. The van der Waals surface area contributed by atoms with Gasteiger partial charge < -0.3 is 5.32 Å². The molecular formula is C22H17N5OS. The molecule has 3 heterocycles. The number of fused-ring (bicyclic) bond motifs is 3. The maximum atomic E-state index is 12.5. The third-order valence-electron chi connectivity index (χ3n) is 4.94. The summed E-state index contributed by atoms with van der Waals surface area (Å²) in [7, 11) is 0. The van der Waals surface area contributed by atoms with Gasteiger partial charge in [-0.3, -0.25) is 4.79 Å². The average molecular weight is 399 g/mol. The molecule has 29 heavy (non-hydrogen) atoms. The van der Waals surface area contributed by atoms with Gasteiger partial charge in [0, 0.05) is 22.0 Å². The number of benzene rings is 2. The second-order valence-electron chi connectivity index (χ2n) is 6.85. The Labute approximate surface area is 170 Å². The van der Waals surface area contributed by atoms with Crippen molar-refractivity contribution >= 4 is 39.4 Å². The van der Waals surface area contributed by atoms with Crippen molar-refractivity contribution in [3.05, 3.63) is 76.1 Å². The maximum absolute atomic E-state index is 12.5. The van der Waals surface area contributed by atoms with Gasteiger partial charge >= 0.3 is 0 Å². The highest BCUT2D eigenvalue weighted by Gasteiger charge is 2.16. The van der Waals surface area contributed by atoms with E-state index in [2.05, 4.69) is 15.5 Å². The molecule has 0 spiro atoms. The summed E-state index contributed by atoms with van der Waals surface area (Å²) in [6, 6.07) is 17.6. The van der Waals surface area contributed by atoms with Crippen LogP contribution in [0.15, 0.2) is 60.0 Å². The molecule has 0 unspecified atom stereocenters. The van der Waals surface area contributed by atoms with Crippen molar-refractivity contribution in [3.63, 3.8) is 0 Å². The Bertz CT molecular complexity index is 1370. The number of carbonyl (C=O) groups is 1. The van der Waals surface area contributed by atoms with E-state index in [4.69, 9.17) is 5.10 Å².